The van der Waals surface area contributed by atoms with Crippen molar-refractivity contribution >= 4 is 11.6 Å². The molecule has 0 aromatic carbocycles. The minimum atomic E-state index is -4.15. The molecule has 1 heterocycles. The molecule has 0 atom stereocenters. The molecule has 1 rings (SSSR count). The lowest BCUT2D eigenvalue weighted by atomic mass is 10.2. The Morgan fingerprint density at radius 2 is 2.10 bits per heavy atom. The van der Waals surface area contributed by atoms with Crippen LogP contribution in [-0.4, -0.2) is 24.3 Å². The molecule has 0 fully saturated rings. The van der Waals surface area contributed by atoms with Crippen LogP contribution in [0.4, 0.5) is 13.2 Å². The van der Waals surface area contributed by atoms with Crippen LogP contribution >= 0.6 is 11.6 Å². The number of aromatic nitrogens is 1. The average molecular weight is 325 g/mol. The third-order valence-corrected chi connectivity index (χ3v) is 2.97. The summed E-state index contributed by atoms with van der Waals surface area (Å²) in [6.07, 6.45) is -3.64. The van der Waals surface area contributed by atoms with Gasteiger partial charge in [-0.25, -0.2) is 4.98 Å². The van der Waals surface area contributed by atoms with E-state index in [1.807, 2.05) is 0 Å². The lowest BCUT2D eigenvalue weighted by Gasteiger charge is -2.11. The van der Waals surface area contributed by atoms with Crippen molar-refractivity contribution in [3.05, 3.63) is 22.8 Å². The second-order valence-corrected chi connectivity index (χ2v) is 5.61. The van der Waals surface area contributed by atoms with E-state index in [1.54, 1.807) is 6.07 Å². The van der Waals surface area contributed by atoms with Crippen molar-refractivity contribution < 1.29 is 17.9 Å². The van der Waals surface area contributed by atoms with Gasteiger partial charge in [-0.3, -0.25) is 0 Å². The summed E-state index contributed by atoms with van der Waals surface area (Å²) in [6, 6.07) is 1.66. The standard InChI is InChI=1S/C14H20ClF3N2O/c1-10(2)7-19-8-11-6-13(20-9-12(11)15)21-5-3-4-14(16,17)18/h6,9-10,19H,3-5,7-8H2,1-2H3. The van der Waals surface area contributed by atoms with E-state index in [1.165, 1.54) is 6.20 Å². The number of rotatable bonds is 8. The quantitative estimate of drug-likeness (QED) is 0.728. The summed E-state index contributed by atoms with van der Waals surface area (Å²) in [4.78, 5) is 3.95. The maximum atomic E-state index is 12.0. The Labute approximate surface area is 127 Å². The molecule has 0 aliphatic rings. The molecule has 120 valence electrons. The van der Waals surface area contributed by atoms with Crippen molar-refractivity contribution in [2.24, 2.45) is 5.92 Å². The minimum Gasteiger partial charge on any atom is -0.478 e. The van der Waals surface area contributed by atoms with Crippen LogP contribution in [-0.2, 0) is 6.54 Å². The topological polar surface area (TPSA) is 34.1 Å². The number of pyridine rings is 1. The predicted octanol–water partition coefficient (Wildman–Crippen LogP) is 4.20. The van der Waals surface area contributed by atoms with E-state index in [2.05, 4.69) is 24.1 Å². The van der Waals surface area contributed by atoms with Crippen molar-refractivity contribution in [1.29, 1.82) is 0 Å². The summed E-state index contributed by atoms with van der Waals surface area (Å²) >= 11 is 6.03. The van der Waals surface area contributed by atoms with E-state index in [4.69, 9.17) is 16.3 Å². The number of nitrogens with zero attached hydrogens (tertiary/aromatic N) is 1. The molecule has 1 aromatic heterocycles. The first-order valence-corrected chi connectivity index (χ1v) is 7.20. The Hall–Kier alpha value is -1.01. The highest BCUT2D eigenvalue weighted by molar-refractivity contribution is 6.31. The summed E-state index contributed by atoms with van der Waals surface area (Å²) in [5.41, 5.74) is 0.818. The van der Waals surface area contributed by atoms with Gasteiger partial charge < -0.3 is 10.1 Å². The van der Waals surface area contributed by atoms with Crippen molar-refractivity contribution in [2.75, 3.05) is 13.2 Å². The maximum Gasteiger partial charge on any atom is 0.389 e. The predicted molar refractivity (Wildman–Crippen MR) is 76.6 cm³/mol. The zero-order chi connectivity index (χ0) is 15.9. The van der Waals surface area contributed by atoms with Crippen molar-refractivity contribution in [3.63, 3.8) is 0 Å². The Bertz CT molecular complexity index is 439. The van der Waals surface area contributed by atoms with E-state index in [0.29, 0.717) is 23.4 Å². The molecule has 0 spiro atoms. The number of alkyl halides is 3. The van der Waals surface area contributed by atoms with Gasteiger partial charge in [-0.05, 0) is 24.4 Å². The fraction of sp³-hybridized carbons (Fsp3) is 0.643. The van der Waals surface area contributed by atoms with Gasteiger partial charge in [0.05, 0.1) is 11.6 Å². The van der Waals surface area contributed by atoms with Crippen molar-refractivity contribution in [3.8, 4) is 5.88 Å². The zero-order valence-corrected chi connectivity index (χ0v) is 12.9. The highest BCUT2D eigenvalue weighted by Gasteiger charge is 2.26. The number of hydrogen-bond acceptors (Lipinski definition) is 3. The van der Waals surface area contributed by atoms with Gasteiger partial charge in [0, 0.05) is 25.2 Å². The summed E-state index contributed by atoms with van der Waals surface area (Å²) < 4.78 is 41.2. The average Bonchev–Trinajstić information content (AvgIpc) is 2.36. The molecule has 0 saturated carbocycles. The molecular weight excluding hydrogens is 305 g/mol. The lowest BCUT2D eigenvalue weighted by molar-refractivity contribution is -0.136. The van der Waals surface area contributed by atoms with Crippen LogP contribution in [0.15, 0.2) is 12.3 Å². The van der Waals surface area contributed by atoms with Crippen LogP contribution in [0.25, 0.3) is 0 Å². The third kappa shape index (κ3) is 8.12. The maximum absolute atomic E-state index is 12.0. The molecule has 1 aromatic rings. The van der Waals surface area contributed by atoms with Gasteiger partial charge in [0.15, 0.2) is 0 Å². The van der Waals surface area contributed by atoms with Crippen LogP contribution < -0.4 is 10.1 Å². The van der Waals surface area contributed by atoms with E-state index < -0.39 is 12.6 Å². The molecule has 0 bridgehead atoms. The minimum absolute atomic E-state index is 0.0208. The van der Waals surface area contributed by atoms with Crippen molar-refractivity contribution in [2.45, 2.75) is 39.4 Å². The Kier molecular flexibility index (Phi) is 7.25. The Balaban J connectivity index is 2.45. The number of hydrogen-bond donors (Lipinski definition) is 1. The third-order valence-electron chi connectivity index (χ3n) is 2.63. The second kappa shape index (κ2) is 8.44. The molecular formula is C14H20ClF3N2O. The van der Waals surface area contributed by atoms with Crippen LogP contribution in [0.1, 0.15) is 32.3 Å². The normalized spacial score (nSPS) is 12.0. The Morgan fingerprint density at radius 1 is 1.38 bits per heavy atom. The van der Waals surface area contributed by atoms with Gasteiger partial charge in [0.2, 0.25) is 5.88 Å². The van der Waals surface area contributed by atoms with Crippen LogP contribution in [0.2, 0.25) is 5.02 Å². The van der Waals surface area contributed by atoms with Crippen LogP contribution in [0, 0.1) is 5.92 Å². The monoisotopic (exact) mass is 324 g/mol. The number of nitrogens with one attached hydrogen (secondary N) is 1. The molecule has 0 aliphatic carbocycles. The first-order chi connectivity index (χ1) is 9.78. The van der Waals surface area contributed by atoms with Gasteiger partial charge in [0.25, 0.3) is 0 Å². The molecule has 21 heavy (non-hydrogen) atoms. The van der Waals surface area contributed by atoms with Gasteiger partial charge in [0.1, 0.15) is 0 Å². The highest BCUT2D eigenvalue weighted by Crippen LogP contribution is 2.22. The molecule has 0 saturated heterocycles. The van der Waals surface area contributed by atoms with Gasteiger partial charge in [-0.15, -0.1) is 0 Å². The summed E-state index contributed by atoms with van der Waals surface area (Å²) in [6.45, 7) is 5.58. The summed E-state index contributed by atoms with van der Waals surface area (Å²) in [7, 11) is 0. The van der Waals surface area contributed by atoms with Gasteiger partial charge in [-0.1, -0.05) is 25.4 Å². The Morgan fingerprint density at radius 3 is 2.71 bits per heavy atom. The van der Waals surface area contributed by atoms with E-state index >= 15 is 0 Å². The fourth-order valence-corrected chi connectivity index (χ4v) is 1.79. The first-order valence-electron chi connectivity index (χ1n) is 6.82. The smallest absolute Gasteiger partial charge is 0.389 e. The highest BCUT2D eigenvalue weighted by atomic mass is 35.5. The fourth-order valence-electron chi connectivity index (χ4n) is 1.62. The number of halogens is 4. The van der Waals surface area contributed by atoms with Crippen LogP contribution in [0.5, 0.6) is 5.88 Å². The lowest BCUT2D eigenvalue weighted by Crippen LogP contribution is -2.19. The van der Waals surface area contributed by atoms with E-state index in [0.717, 1.165) is 12.1 Å². The molecule has 0 radical (unpaired) electrons. The summed E-state index contributed by atoms with van der Waals surface area (Å²) in [5, 5.41) is 3.75. The molecule has 3 nitrogen and oxygen atoms in total. The first kappa shape index (κ1) is 18.0. The van der Waals surface area contributed by atoms with Gasteiger partial charge >= 0.3 is 6.18 Å². The molecule has 0 unspecified atom stereocenters. The molecule has 0 aliphatic heterocycles. The van der Waals surface area contributed by atoms with E-state index in [9.17, 15) is 13.2 Å². The number of ether oxygens (including phenoxy) is 1. The largest absolute Gasteiger partial charge is 0.478 e. The second-order valence-electron chi connectivity index (χ2n) is 5.21. The molecule has 0 amide bonds. The summed E-state index contributed by atoms with van der Waals surface area (Å²) in [5.74, 6) is 0.812. The molecule has 7 heteroatoms. The van der Waals surface area contributed by atoms with Crippen molar-refractivity contribution in [1.82, 2.24) is 10.3 Å². The van der Waals surface area contributed by atoms with Crippen LogP contribution in [0.3, 0.4) is 0 Å². The molecule has 1 N–H and O–H groups in total. The SMILES string of the molecule is CC(C)CNCc1cc(OCCCC(F)(F)F)ncc1Cl. The van der Waals surface area contributed by atoms with E-state index in [-0.39, 0.29) is 13.0 Å². The van der Waals surface area contributed by atoms with Gasteiger partial charge in [-0.2, -0.15) is 13.2 Å². The zero-order valence-electron chi connectivity index (χ0n) is 12.1.